The number of rotatable bonds is 6. The van der Waals surface area contributed by atoms with Crippen molar-refractivity contribution in [3.8, 4) is 0 Å². The van der Waals surface area contributed by atoms with E-state index in [1.54, 1.807) is 0 Å². The maximum atomic E-state index is 12.0. The van der Waals surface area contributed by atoms with Crippen molar-refractivity contribution in [2.24, 2.45) is 0 Å². The summed E-state index contributed by atoms with van der Waals surface area (Å²) >= 11 is 5.63. The third kappa shape index (κ3) is 4.38. The summed E-state index contributed by atoms with van der Waals surface area (Å²) in [5.41, 5.74) is -0.695. The molecule has 0 fully saturated rings. The summed E-state index contributed by atoms with van der Waals surface area (Å²) in [7, 11) is 0. The molecule has 2 amide bonds. The molecule has 1 N–H and O–H groups in total. The lowest BCUT2D eigenvalue weighted by atomic mass is 10.2. The predicted octanol–water partition coefficient (Wildman–Crippen LogP) is 1.24. The molecule has 0 unspecified atom stereocenters. The van der Waals surface area contributed by atoms with Crippen LogP contribution in [-0.4, -0.2) is 46.3 Å². The molecule has 0 aromatic carbocycles. The van der Waals surface area contributed by atoms with Crippen LogP contribution in [0.2, 0.25) is 5.15 Å². The number of nitrogens with one attached hydrogen (secondary N) is 1. The Hall–Kier alpha value is -2.22. The van der Waals surface area contributed by atoms with E-state index in [-0.39, 0.29) is 23.2 Å². The Morgan fingerprint density at radius 3 is 2.57 bits per heavy atom. The number of carbonyl (C=O) groups excluding carboxylic acids is 2. The molecule has 0 atom stereocenters. The summed E-state index contributed by atoms with van der Waals surface area (Å²) in [6.07, 6.45) is 0.906. The van der Waals surface area contributed by atoms with Crippen molar-refractivity contribution in [1.82, 2.24) is 15.2 Å². The molecule has 9 heteroatoms. The minimum Gasteiger partial charge on any atom is -0.343 e. The van der Waals surface area contributed by atoms with Crippen molar-refractivity contribution < 1.29 is 14.5 Å². The third-order valence-corrected chi connectivity index (χ3v) is 3.01. The van der Waals surface area contributed by atoms with Crippen molar-refractivity contribution in [2.75, 3.05) is 19.6 Å². The van der Waals surface area contributed by atoms with E-state index in [1.807, 2.05) is 13.8 Å². The molecule has 0 aliphatic heterocycles. The number of hydrogen-bond donors (Lipinski definition) is 1. The maximum absolute atomic E-state index is 12.0. The van der Waals surface area contributed by atoms with Gasteiger partial charge in [0.05, 0.1) is 11.5 Å². The van der Waals surface area contributed by atoms with Crippen molar-refractivity contribution in [3.63, 3.8) is 0 Å². The van der Waals surface area contributed by atoms with Crippen LogP contribution in [0.3, 0.4) is 0 Å². The van der Waals surface area contributed by atoms with E-state index in [2.05, 4.69) is 10.3 Å². The number of pyridine rings is 1. The lowest BCUT2D eigenvalue weighted by Crippen LogP contribution is -2.40. The first-order chi connectivity index (χ1) is 9.90. The van der Waals surface area contributed by atoms with Gasteiger partial charge in [0.1, 0.15) is 16.9 Å². The molecule has 1 rings (SSSR count). The molecular weight excluding hydrogens is 300 g/mol. The zero-order valence-corrected chi connectivity index (χ0v) is 12.4. The van der Waals surface area contributed by atoms with Gasteiger partial charge in [-0.2, -0.15) is 0 Å². The van der Waals surface area contributed by atoms with Crippen LogP contribution in [-0.2, 0) is 4.79 Å². The molecule has 21 heavy (non-hydrogen) atoms. The Bertz CT molecular complexity index is 560. The van der Waals surface area contributed by atoms with Gasteiger partial charge < -0.3 is 10.2 Å². The molecule has 8 nitrogen and oxygen atoms in total. The number of hydrogen-bond acceptors (Lipinski definition) is 5. The second-order valence-electron chi connectivity index (χ2n) is 4.03. The van der Waals surface area contributed by atoms with Crippen LogP contribution in [0.25, 0.3) is 0 Å². The molecule has 0 radical (unpaired) electrons. The second kappa shape index (κ2) is 7.53. The van der Waals surface area contributed by atoms with Crippen molar-refractivity contribution in [1.29, 1.82) is 0 Å². The third-order valence-electron chi connectivity index (χ3n) is 2.81. The molecule has 0 aliphatic carbocycles. The van der Waals surface area contributed by atoms with E-state index in [1.165, 1.54) is 4.90 Å². The van der Waals surface area contributed by atoms with Crippen LogP contribution in [0.1, 0.15) is 24.2 Å². The molecular formula is C12H15ClN4O4. The van der Waals surface area contributed by atoms with E-state index in [4.69, 9.17) is 11.6 Å². The van der Waals surface area contributed by atoms with Gasteiger partial charge in [0.15, 0.2) is 0 Å². The smallest absolute Gasteiger partial charge is 0.300 e. The lowest BCUT2D eigenvalue weighted by molar-refractivity contribution is -0.385. The molecule has 1 heterocycles. The number of carbonyl (C=O) groups is 2. The standard InChI is InChI=1S/C12H15ClN4O4/c1-3-16(4-2)11(18)7-15-12(19)8-5-10(13)14-6-9(8)17(20)21/h5-6H,3-4,7H2,1-2H3,(H,15,19). The van der Waals surface area contributed by atoms with Gasteiger partial charge in [-0.1, -0.05) is 11.6 Å². The van der Waals surface area contributed by atoms with Crippen LogP contribution in [0, 0.1) is 10.1 Å². The van der Waals surface area contributed by atoms with E-state index in [0.29, 0.717) is 13.1 Å². The van der Waals surface area contributed by atoms with Gasteiger partial charge in [0, 0.05) is 13.1 Å². The lowest BCUT2D eigenvalue weighted by Gasteiger charge is -2.18. The van der Waals surface area contributed by atoms with Crippen LogP contribution < -0.4 is 5.32 Å². The predicted molar refractivity (Wildman–Crippen MR) is 76.2 cm³/mol. The fourth-order valence-electron chi connectivity index (χ4n) is 1.69. The Labute approximate surface area is 126 Å². The first-order valence-corrected chi connectivity index (χ1v) is 6.64. The summed E-state index contributed by atoms with van der Waals surface area (Å²) in [4.78, 5) is 38.9. The topological polar surface area (TPSA) is 105 Å². The molecule has 1 aromatic rings. The Morgan fingerprint density at radius 2 is 2.05 bits per heavy atom. The number of nitro groups is 1. The highest BCUT2D eigenvalue weighted by Gasteiger charge is 2.22. The Kier molecular flexibility index (Phi) is 6.04. The number of halogens is 1. The summed E-state index contributed by atoms with van der Waals surface area (Å²) in [5.74, 6) is -1.01. The quantitative estimate of drug-likeness (QED) is 0.483. The van der Waals surface area contributed by atoms with Crippen LogP contribution in [0.5, 0.6) is 0 Å². The monoisotopic (exact) mass is 314 g/mol. The van der Waals surface area contributed by atoms with Gasteiger partial charge >= 0.3 is 0 Å². The van der Waals surface area contributed by atoms with Crippen molar-refractivity contribution in [3.05, 3.63) is 33.1 Å². The molecule has 114 valence electrons. The summed E-state index contributed by atoms with van der Waals surface area (Å²) in [6, 6.07) is 1.09. The number of nitrogens with zero attached hydrogens (tertiary/aromatic N) is 3. The van der Waals surface area contributed by atoms with Gasteiger partial charge in [-0.05, 0) is 19.9 Å². The number of amides is 2. The molecule has 0 saturated carbocycles. The van der Waals surface area contributed by atoms with E-state index >= 15 is 0 Å². The molecule has 0 aliphatic rings. The average Bonchev–Trinajstić information content (AvgIpc) is 2.45. The van der Waals surface area contributed by atoms with Gasteiger partial charge in [-0.15, -0.1) is 0 Å². The van der Waals surface area contributed by atoms with Crippen LogP contribution in [0.15, 0.2) is 12.3 Å². The fraction of sp³-hybridized carbons (Fsp3) is 0.417. The SMILES string of the molecule is CCN(CC)C(=O)CNC(=O)c1cc(Cl)ncc1[N+](=O)[O-]. The van der Waals surface area contributed by atoms with Gasteiger partial charge in [0.2, 0.25) is 5.91 Å². The van der Waals surface area contributed by atoms with Crippen LogP contribution in [0.4, 0.5) is 5.69 Å². The van der Waals surface area contributed by atoms with Crippen molar-refractivity contribution >= 4 is 29.1 Å². The summed E-state index contributed by atoms with van der Waals surface area (Å²) in [5, 5.41) is 13.2. The molecule has 0 bridgehead atoms. The normalized spacial score (nSPS) is 10.0. The average molecular weight is 315 g/mol. The van der Waals surface area contributed by atoms with E-state index < -0.39 is 16.5 Å². The summed E-state index contributed by atoms with van der Waals surface area (Å²) in [6.45, 7) is 4.43. The highest BCUT2D eigenvalue weighted by molar-refractivity contribution is 6.29. The second-order valence-corrected chi connectivity index (χ2v) is 4.42. The Morgan fingerprint density at radius 1 is 1.43 bits per heavy atom. The number of aromatic nitrogens is 1. The fourth-order valence-corrected chi connectivity index (χ4v) is 1.85. The highest BCUT2D eigenvalue weighted by Crippen LogP contribution is 2.20. The zero-order valence-electron chi connectivity index (χ0n) is 11.6. The van der Waals surface area contributed by atoms with Crippen LogP contribution >= 0.6 is 11.6 Å². The minimum absolute atomic E-state index is 0.0409. The largest absolute Gasteiger partial charge is 0.343 e. The van der Waals surface area contributed by atoms with Gasteiger partial charge in [0.25, 0.3) is 11.6 Å². The molecule has 0 saturated heterocycles. The van der Waals surface area contributed by atoms with Gasteiger partial charge in [-0.25, -0.2) is 4.98 Å². The maximum Gasteiger partial charge on any atom is 0.300 e. The minimum atomic E-state index is -0.744. The summed E-state index contributed by atoms with van der Waals surface area (Å²) < 4.78 is 0. The Balaban J connectivity index is 2.83. The first-order valence-electron chi connectivity index (χ1n) is 6.26. The zero-order chi connectivity index (χ0) is 16.0. The van der Waals surface area contributed by atoms with E-state index in [9.17, 15) is 19.7 Å². The van der Waals surface area contributed by atoms with Crippen molar-refractivity contribution in [2.45, 2.75) is 13.8 Å². The van der Waals surface area contributed by atoms with E-state index in [0.717, 1.165) is 12.3 Å². The highest BCUT2D eigenvalue weighted by atomic mass is 35.5. The molecule has 1 aromatic heterocycles. The number of likely N-dealkylation sites (N-methyl/N-ethyl adjacent to an activating group) is 1. The van der Waals surface area contributed by atoms with Gasteiger partial charge in [-0.3, -0.25) is 19.7 Å². The molecule has 0 spiro atoms. The first kappa shape index (κ1) is 16.8.